The van der Waals surface area contributed by atoms with Crippen molar-refractivity contribution in [3.05, 3.63) is 29.6 Å². The van der Waals surface area contributed by atoms with Crippen LogP contribution in [0.2, 0.25) is 0 Å². The summed E-state index contributed by atoms with van der Waals surface area (Å²) < 4.78 is 39.7. The summed E-state index contributed by atoms with van der Waals surface area (Å²) in [7, 11) is 0. The second-order valence-electron chi connectivity index (χ2n) is 4.70. The molecule has 0 radical (unpaired) electrons. The van der Waals surface area contributed by atoms with Gasteiger partial charge in [-0.05, 0) is 12.8 Å². The number of imide groups is 2. The molecule has 0 bridgehead atoms. The van der Waals surface area contributed by atoms with Crippen LogP contribution in [0.1, 0.15) is 12.8 Å². The van der Waals surface area contributed by atoms with E-state index >= 15 is 0 Å². The molecule has 1 aliphatic heterocycles. The number of hydrogen-bond donors (Lipinski definition) is 1. The number of halogens is 3. The van der Waals surface area contributed by atoms with Crippen LogP contribution in [0.15, 0.2) is 12.1 Å². The van der Waals surface area contributed by atoms with Gasteiger partial charge >= 0.3 is 6.03 Å². The van der Waals surface area contributed by atoms with Crippen LogP contribution in [-0.4, -0.2) is 17.8 Å². The Kier molecular flexibility index (Phi) is 2.41. The quantitative estimate of drug-likeness (QED) is 0.627. The van der Waals surface area contributed by atoms with Crippen LogP contribution in [0.4, 0.5) is 23.7 Å². The number of hydrogen-bond acceptors (Lipinski definition) is 3. The highest BCUT2D eigenvalue weighted by Gasteiger charge is 2.62. The molecule has 1 aliphatic carbocycles. The Morgan fingerprint density at radius 1 is 1.00 bits per heavy atom. The molecule has 0 unspecified atom stereocenters. The topological polar surface area (TPSA) is 66.5 Å². The van der Waals surface area contributed by atoms with Gasteiger partial charge in [-0.1, -0.05) is 0 Å². The summed E-state index contributed by atoms with van der Waals surface area (Å²) in [6.45, 7) is 0. The van der Waals surface area contributed by atoms with E-state index in [0.29, 0.717) is 11.0 Å². The zero-order chi connectivity index (χ0) is 14.7. The molecule has 1 heterocycles. The molecule has 8 heteroatoms. The Balaban J connectivity index is 2.09. The van der Waals surface area contributed by atoms with Crippen molar-refractivity contribution in [3.8, 4) is 0 Å². The molecule has 0 atom stereocenters. The monoisotopic (exact) mass is 284 g/mol. The molecule has 1 spiro atoms. The van der Waals surface area contributed by atoms with E-state index in [4.69, 9.17) is 0 Å². The van der Waals surface area contributed by atoms with Crippen LogP contribution in [0, 0.1) is 22.9 Å². The third kappa shape index (κ3) is 1.54. The van der Waals surface area contributed by atoms with Crippen molar-refractivity contribution in [1.29, 1.82) is 0 Å². The largest absolute Gasteiger partial charge is 0.335 e. The first-order valence-corrected chi connectivity index (χ1v) is 5.71. The third-order valence-electron chi connectivity index (χ3n) is 3.45. The second kappa shape index (κ2) is 3.81. The first kappa shape index (κ1) is 12.6. The van der Waals surface area contributed by atoms with Gasteiger partial charge in [-0.25, -0.2) is 22.9 Å². The molecule has 104 valence electrons. The van der Waals surface area contributed by atoms with Crippen LogP contribution in [0.25, 0.3) is 0 Å². The molecule has 3 rings (SSSR count). The number of barbiturate groups is 1. The van der Waals surface area contributed by atoms with Crippen molar-refractivity contribution in [2.45, 2.75) is 12.8 Å². The maximum Gasteiger partial charge on any atom is 0.335 e. The molecule has 2 fully saturated rings. The van der Waals surface area contributed by atoms with Crippen LogP contribution >= 0.6 is 0 Å². The zero-order valence-electron chi connectivity index (χ0n) is 9.87. The molecule has 20 heavy (non-hydrogen) atoms. The predicted octanol–water partition coefficient (Wildman–Crippen LogP) is 1.47. The minimum Gasteiger partial charge on any atom is -0.276 e. The maximum absolute atomic E-state index is 13.7. The van der Waals surface area contributed by atoms with E-state index in [2.05, 4.69) is 0 Å². The van der Waals surface area contributed by atoms with Gasteiger partial charge in [0.1, 0.15) is 5.41 Å². The number of nitrogens with zero attached hydrogens (tertiary/aromatic N) is 1. The fraction of sp³-hybridized carbons (Fsp3) is 0.250. The first-order valence-electron chi connectivity index (χ1n) is 5.71. The molecule has 0 aromatic heterocycles. The van der Waals surface area contributed by atoms with E-state index in [1.807, 2.05) is 5.32 Å². The van der Waals surface area contributed by atoms with Crippen molar-refractivity contribution < 1.29 is 27.6 Å². The van der Waals surface area contributed by atoms with Crippen LogP contribution in [0.5, 0.6) is 0 Å². The van der Waals surface area contributed by atoms with Gasteiger partial charge in [0.25, 0.3) is 5.91 Å². The Bertz CT molecular complexity index is 670. The van der Waals surface area contributed by atoms with Crippen molar-refractivity contribution in [2.75, 3.05) is 4.90 Å². The number of amides is 4. The number of nitrogens with one attached hydrogen (secondary N) is 1. The van der Waals surface area contributed by atoms with Gasteiger partial charge in [0, 0.05) is 12.1 Å². The molecule has 1 N–H and O–H groups in total. The average Bonchev–Trinajstić information content (AvgIpc) is 3.15. The standard InChI is InChI=1S/C12H7F3N2O3/c13-5-3-7(15)8(4-6(5)14)17-10(19)12(1-2-12)9(18)16-11(17)20/h3-4H,1-2H2,(H,16,18,20). The first-order chi connectivity index (χ1) is 9.36. The Hall–Kier alpha value is -2.38. The summed E-state index contributed by atoms with van der Waals surface area (Å²) in [5.74, 6) is -5.77. The van der Waals surface area contributed by atoms with Crippen LogP contribution in [0.3, 0.4) is 0 Å². The molecule has 4 amide bonds. The van der Waals surface area contributed by atoms with Gasteiger partial charge in [0.2, 0.25) is 5.91 Å². The smallest absolute Gasteiger partial charge is 0.276 e. The van der Waals surface area contributed by atoms with Gasteiger partial charge in [-0.15, -0.1) is 0 Å². The minimum atomic E-state index is -1.44. The molecule has 5 nitrogen and oxygen atoms in total. The third-order valence-corrected chi connectivity index (χ3v) is 3.45. The molecule has 1 aromatic rings. The zero-order valence-corrected chi connectivity index (χ0v) is 9.87. The lowest BCUT2D eigenvalue weighted by Gasteiger charge is -2.30. The maximum atomic E-state index is 13.7. The van der Waals surface area contributed by atoms with Crippen molar-refractivity contribution in [1.82, 2.24) is 5.32 Å². The van der Waals surface area contributed by atoms with Crippen molar-refractivity contribution in [2.24, 2.45) is 5.41 Å². The summed E-state index contributed by atoms with van der Waals surface area (Å²) >= 11 is 0. The lowest BCUT2D eigenvalue weighted by molar-refractivity contribution is -0.136. The summed E-state index contributed by atoms with van der Waals surface area (Å²) in [5, 5.41) is 1.92. The van der Waals surface area contributed by atoms with E-state index in [-0.39, 0.29) is 18.9 Å². The lowest BCUT2D eigenvalue weighted by atomic mass is 10.0. The van der Waals surface area contributed by atoms with Crippen LogP contribution in [-0.2, 0) is 9.59 Å². The normalized spacial score (nSPS) is 20.4. The van der Waals surface area contributed by atoms with Gasteiger partial charge in [-0.3, -0.25) is 14.9 Å². The highest BCUT2D eigenvalue weighted by atomic mass is 19.2. The lowest BCUT2D eigenvalue weighted by Crippen LogP contribution is -2.59. The van der Waals surface area contributed by atoms with Crippen LogP contribution < -0.4 is 10.2 Å². The summed E-state index contributed by atoms with van der Waals surface area (Å²) in [6.07, 6.45) is 0.458. The molecule has 2 aliphatic rings. The van der Waals surface area contributed by atoms with Gasteiger partial charge in [-0.2, -0.15) is 0 Å². The SMILES string of the molecule is O=C1NC(=O)C2(CC2)C(=O)N1c1cc(F)c(F)cc1F. The highest BCUT2D eigenvalue weighted by molar-refractivity contribution is 6.31. The summed E-state index contributed by atoms with van der Waals surface area (Å²) in [4.78, 5) is 35.7. The predicted molar refractivity (Wildman–Crippen MR) is 59.0 cm³/mol. The molecule has 1 saturated heterocycles. The minimum absolute atomic E-state index is 0.229. The fourth-order valence-corrected chi connectivity index (χ4v) is 2.14. The summed E-state index contributed by atoms with van der Waals surface area (Å²) in [6, 6.07) is -0.530. The van der Waals surface area contributed by atoms with Gasteiger partial charge in [0.05, 0.1) is 5.69 Å². The van der Waals surface area contributed by atoms with Gasteiger partial charge in [0.15, 0.2) is 17.5 Å². The van der Waals surface area contributed by atoms with Crippen molar-refractivity contribution in [3.63, 3.8) is 0 Å². The second-order valence-corrected chi connectivity index (χ2v) is 4.70. The summed E-state index contributed by atoms with van der Waals surface area (Å²) in [5.41, 5.74) is -2.10. The number of urea groups is 1. The molecule has 1 aromatic carbocycles. The van der Waals surface area contributed by atoms with E-state index in [9.17, 15) is 27.6 Å². The fourth-order valence-electron chi connectivity index (χ4n) is 2.14. The Labute approximate surface area is 110 Å². The molecule has 1 saturated carbocycles. The average molecular weight is 284 g/mol. The van der Waals surface area contributed by atoms with E-state index < -0.39 is 46.4 Å². The number of carbonyl (C=O) groups is 3. The number of anilines is 1. The Morgan fingerprint density at radius 3 is 2.20 bits per heavy atom. The number of carbonyl (C=O) groups excluding carboxylic acids is 3. The van der Waals surface area contributed by atoms with E-state index in [1.54, 1.807) is 0 Å². The van der Waals surface area contributed by atoms with E-state index in [1.165, 1.54) is 0 Å². The number of benzene rings is 1. The molecular formula is C12H7F3N2O3. The molecular weight excluding hydrogens is 277 g/mol. The number of rotatable bonds is 1. The van der Waals surface area contributed by atoms with Gasteiger partial charge < -0.3 is 0 Å². The Morgan fingerprint density at radius 2 is 1.60 bits per heavy atom. The van der Waals surface area contributed by atoms with E-state index in [0.717, 1.165) is 0 Å². The highest BCUT2D eigenvalue weighted by Crippen LogP contribution is 2.49. The van der Waals surface area contributed by atoms with Crippen molar-refractivity contribution >= 4 is 23.5 Å².